The first kappa shape index (κ1) is 20.3. The average Bonchev–Trinajstić information content (AvgIpc) is 3.30. The summed E-state index contributed by atoms with van der Waals surface area (Å²) < 4.78 is 0. The molecule has 3 amide bonds. The highest BCUT2D eigenvalue weighted by molar-refractivity contribution is 6.06. The molecule has 1 aromatic heterocycles. The van der Waals surface area contributed by atoms with Crippen LogP contribution in [-0.2, 0) is 17.8 Å². The van der Waals surface area contributed by atoms with Crippen molar-refractivity contribution in [3.8, 4) is 0 Å². The van der Waals surface area contributed by atoms with Gasteiger partial charge in [0.1, 0.15) is 11.4 Å². The van der Waals surface area contributed by atoms with Crippen molar-refractivity contribution in [2.75, 3.05) is 25.0 Å². The summed E-state index contributed by atoms with van der Waals surface area (Å²) in [7, 11) is 0. The number of nitrogens with one attached hydrogen (secondary N) is 2. The molecule has 2 fully saturated rings. The van der Waals surface area contributed by atoms with Crippen molar-refractivity contribution in [2.45, 2.75) is 45.2 Å². The number of amides is 3. The zero-order valence-electron chi connectivity index (χ0n) is 17.6. The first-order valence-corrected chi connectivity index (χ1v) is 10.6. The Kier molecular flexibility index (Phi) is 5.72. The molecule has 0 aliphatic carbocycles. The normalized spacial score (nSPS) is 18.7. The summed E-state index contributed by atoms with van der Waals surface area (Å²) >= 11 is 0. The van der Waals surface area contributed by atoms with E-state index in [0.717, 1.165) is 24.2 Å². The second-order valence-corrected chi connectivity index (χ2v) is 8.58. The van der Waals surface area contributed by atoms with Gasteiger partial charge >= 0.3 is 6.03 Å². The molecule has 7 heteroatoms. The summed E-state index contributed by atoms with van der Waals surface area (Å²) in [6, 6.07) is 11.8. The van der Waals surface area contributed by atoms with E-state index in [4.69, 9.17) is 0 Å². The fraction of sp³-hybridized carbons (Fsp3) is 0.435. The highest BCUT2D eigenvalue weighted by atomic mass is 16.2. The van der Waals surface area contributed by atoms with E-state index < -0.39 is 5.54 Å². The van der Waals surface area contributed by atoms with Crippen molar-refractivity contribution in [2.24, 2.45) is 0 Å². The fourth-order valence-electron chi connectivity index (χ4n) is 4.03. The molecule has 2 N–H and O–H groups in total. The Labute approximate surface area is 177 Å². The predicted octanol–water partition coefficient (Wildman–Crippen LogP) is 3.29. The van der Waals surface area contributed by atoms with Gasteiger partial charge < -0.3 is 15.1 Å². The van der Waals surface area contributed by atoms with E-state index in [1.807, 2.05) is 18.2 Å². The van der Waals surface area contributed by atoms with Crippen LogP contribution in [0.5, 0.6) is 0 Å². The van der Waals surface area contributed by atoms with Gasteiger partial charge in [-0.05, 0) is 81.6 Å². The Balaban J connectivity index is 1.41. The number of carbonyl (C=O) groups is 2. The van der Waals surface area contributed by atoms with E-state index in [1.54, 1.807) is 24.9 Å². The van der Waals surface area contributed by atoms with Crippen LogP contribution in [0, 0.1) is 0 Å². The lowest BCUT2D eigenvalue weighted by atomic mass is 10.0. The minimum Gasteiger partial charge on any atom is -0.340 e. The number of anilines is 2. The molecule has 2 aliphatic heterocycles. The molecular formula is C23H29N5O2. The molecule has 2 aliphatic rings. The number of hydrogen-bond acceptors (Lipinski definition) is 5. The lowest BCUT2D eigenvalue weighted by Gasteiger charge is -2.28. The average molecular weight is 408 g/mol. The Hall–Kier alpha value is -2.93. The third kappa shape index (κ3) is 4.46. The van der Waals surface area contributed by atoms with E-state index in [0.29, 0.717) is 12.4 Å². The van der Waals surface area contributed by atoms with Gasteiger partial charge in [0.25, 0.3) is 5.91 Å². The summed E-state index contributed by atoms with van der Waals surface area (Å²) in [5.74, 6) is 0.443. The van der Waals surface area contributed by atoms with Gasteiger partial charge in [-0.3, -0.25) is 10.1 Å². The molecule has 0 radical (unpaired) electrons. The van der Waals surface area contributed by atoms with E-state index in [1.165, 1.54) is 31.5 Å². The number of rotatable bonds is 7. The van der Waals surface area contributed by atoms with Gasteiger partial charge in [0.2, 0.25) is 0 Å². The van der Waals surface area contributed by atoms with Crippen LogP contribution in [0.2, 0.25) is 0 Å². The number of urea groups is 1. The molecule has 2 aromatic rings. The van der Waals surface area contributed by atoms with Crippen LogP contribution < -0.4 is 10.6 Å². The summed E-state index contributed by atoms with van der Waals surface area (Å²) in [5, 5.41) is 5.75. The number of hydrogen-bond donors (Lipinski definition) is 2. The molecule has 30 heavy (non-hydrogen) atoms. The van der Waals surface area contributed by atoms with Gasteiger partial charge in [0.05, 0.1) is 0 Å². The minimum absolute atomic E-state index is 0.273. The lowest BCUT2D eigenvalue weighted by molar-refractivity contribution is -0.125. The van der Waals surface area contributed by atoms with Crippen molar-refractivity contribution in [1.29, 1.82) is 0 Å². The Morgan fingerprint density at radius 1 is 1.10 bits per heavy atom. The largest absolute Gasteiger partial charge is 0.340 e. The van der Waals surface area contributed by atoms with E-state index in [2.05, 4.69) is 38.7 Å². The third-order valence-electron chi connectivity index (χ3n) is 5.98. The van der Waals surface area contributed by atoms with Gasteiger partial charge in [-0.2, -0.15) is 0 Å². The first-order valence-electron chi connectivity index (χ1n) is 10.6. The summed E-state index contributed by atoms with van der Waals surface area (Å²) in [6.07, 6.45) is 5.38. The molecule has 158 valence electrons. The van der Waals surface area contributed by atoms with Crippen molar-refractivity contribution in [1.82, 2.24) is 20.1 Å². The summed E-state index contributed by atoms with van der Waals surface area (Å²) in [6.45, 7) is 7.38. The van der Waals surface area contributed by atoms with Gasteiger partial charge in [-0.25, -0.2) is 9.78 Å². The maximum atomic E-state index is 12.1. The number of carbonyl (C=O) groups excluding carboxylic acids is 2. The SMILES string of the molecule is CC1(C)C(=O)NC(=O)N1Cc1ccnc(Nc2cccc(CCN3CCCC3)c2)c1. The smallest absolute Gasteiger partial charge is 0.325 e. The molecule has 3 heterocycles. The quantitative estimate of drug-likeness (QED) is 0.689. The van der Waals surface area contributed by atoms with Crippen LogP contribution in [0.25, 0.3) is 0 Å². The van der Waals surface area contributed by atoms with E-state index >= 15 is 0 Å². The maximum absolute atomic E-state index is 12.1. The molecule has 0 spiro atoms. The minimum atomic E-state index is -0.863. The number of imide groups is 1. The standard InChI is InChI=1S/C23H29N5O2/c1-23(2)21(29)26-22(30)28(23)16-18-8-10-24-20(15-18)25-19-7-5-6-17(14-19)9-13-27-11-3-4-12-27/h5-8,10,14-15H,3-4,9,11-13,16H2,1-2H3,(H,24,25)(H,26,29,30). The highest BCUT2D eigenvalue weighted by Gasteiger charge is 2.45. The fourth-order valence-corrected chi connectivity index (χ4v) is 4.03. The first-order chi connectivity index (χ1) is 14.4. The molecule has 0 bridgehead atoms. The number of pyridine rings is 1. The zero-order valence-corrected chi connectivity index (χ0v) is 17.6. The number of aromatic nitrogens is 1. The van der Waals surface area contributed by atoms with E-state index in [9.17, 15) is 9.59 Å². The van der Waals surface area contributed by atoms with Gasteiger partial charge in [0.15, 0.2) is 0 Å². The van der Waals surface area contributed by atoms with Crippen LogP contribution in [0.15, 0.2) is 42.6 Å². The Morgan fingerprint density at radius 3 is 2.63 bits per heavy atom. The van der Waals surface area contributed by atoms with Crippen LogP contribution >= 0.6 is 0 Å². The molecule has 0 saturated carbocycles. The highest BCUT2D eigenvalue weighted by Crippen LogP contribution is 2.25. The molecule has 0 unspecified atom stereocenters. The van der Waals surface area contributed by atoms with E-state index in [-0.39, 0.29) is 11.9 Å². The molecule has 0 atom stereocenters. The van der Waals surface area contributed by atoms with Crippen LogP contribution in [-0.4, -0.2) is 51.9 Å². The second kappa shape index (κ2) is 8.44. The predicted molar refractivity (Wildman–Crippen MR) is 117 cm³/mol. The van der Waals surface area contributed by atoms with Gasteiger partial charge in [0, 0.05) is 25.0 Å². The van der Waals surface area contributed by atoms with Crippen molar-refractivity contribution < 1.29 is 9.59 Å². The monoisotopic (exact) mass is 407 g/mol. The van der Waals surface area contributed by atoms with Crippen molar-refractivity contribution in [3.63, 3.8) is 0 Å². The van der Waals surface area contributed by atoms with Crippen molar-refractivity contribution in [3.05, 3.63) is 53.7 Å². The number of nitrogens with zero attached hydrogens (tertiary/aromatic N) is 3. The zero-order chi connectivity index (χ0) is 21.1. The number of likely N-dealkylation sites (tertiary alicyclic amines) is 1. The Morgan fingerprint density at radius 2 is 1.90 bits per heavy atom. The number of benzene rings is 1. The summed E-state index contributed by atoms with van der Waals surface area (Å²) in [4.78, 5) is 32.6. The van der Waals surface area contributed by atoms with Crippen molar-refractivity contribution >= 4 is 23.4 Å². The summed E-state index contributed by atoms with van der Waals surface area (Å²) in [5.41, 5.74) is 2.35. The Bertz CT molecular complexity index is 937. The molecule has 2 saturated heterocycles. The van der Waals surface area contributed by atoms with Gasteiger partial charge in [-0.15, -0.1) is 0 Å². The van der Waals surface area contributed by atoms with Crippen LogP contribution in [0.3, 0.4) is 0 Å². The second-order valence-electron chi connectivity index (χ2n) is 8.58. The van der Waals surface area contributed by atoms with Crippen LogP contribution in [0.4, 0.5) is 16.3 Å². The third-order valence-corrected chi connectivity index (χ3v) is 5.98. The molecule has 7 nitrogen and oxygen atoms in total. The molecule has 1 aromatic carbocycles. The van der Waals surface area contributed by atoms with Gasteiger partial charge in [-0.1, -0.05) is 12.1 Å². The lowest BCUT2D eigenvalue weighted by Crippen LogP contribution is -2.43. The maximum Gasteiger partial charge on any atom is 0.325 e. The van der Waals surface area contributed by atoms with Crippen LogP contribution in [0.1, 0.15) is 37.8 Å². The topological polar surface area (TPSA) is 77.6 Å². The molecular weight excluding hydrogens is 378 g/mol. The molecule has 4 rings (SSSR count).